The van der Waals surface area contributed by atoms with Crippen LogP contribution in [-0.4, -0.2) is 15.8 Å². The molecule has 1 heterocycles. The number of rotatable bonds is 2. The molecular weight excluding hydrogens is 286 g/mol. The Morgan fingerprint density at radius 2 is 2.05 bits per heavy atom. The van der Waals surface area contributed by atoms with Crippen molar-refractivity contribution in [2.45, 2.75) is 4.90 Å². The molecule has 0 aliphatic carbocycles. The molecule has 0 amide bonds. The van der Waals surface area contributed by atoms with E-state index in [1.165, 1.54) is 4.90 Å². The van der Waals surface area contributed by atoms with Crippen LogP contribution in [-0.2, 0) is 0 Å². The molecule has 0 spiro atoms. The predicted octanol–water partition coefficient (Wildman–Crippen LogP) is 4.28. The monoisotopic (exact) mass is 297 g/mol. The number of thioether (sulfide) groups is 1. The largest absolute Gasteiger partial charge is 0.329 e. The van der Waals surface area contributed by atoms with Gasteiger partial charge < -0.3 is 4.98 Å². The van der Waals surface area contributed by atoms with Gasteiger partial charge in [-0.25, -0.2) is 0 Å². The first-order valence-electron chi connectivity index (χ1n) is 6.03. The molecule has 0 fully saturated rings. The molecule has 0 aliphatic heterocycles. The highest BCUT2D eigenvalue weighted by molar-refractivity contribution is 7.98. The van der Waals surface area contributed by atoms with Gasteiger partial charge >= 0.3 is 0 Å². The maximum Gasteiger partial charge on any atom is 0.182 e. The van der Waals surface area contributed by atoms with Crippen LogP contribution in [0.4, 0.5) is 0 Å². The lowest BCUT2D eigenvalue weighted by Crippen LogP contribution is -1.94. The number of aromatic nitrogens is 2. The Hall–Kier alpha value is -2.03. The summed E-state index contributed by atoms with van der Waals surface area (Å²) in [4.78, 5) is 4.31. The minimum absolute atomic E-state index is 0.598. The minimum atomic E-state index is 0.598. The van der Waals surface area contributed by atoms with Crippen LogP contribution in [0.15, 0.2) is 47.4 Å². The number of aromatic amines is 1. The first-order chi connectivity index (χ1) is 9.74. The third kappa shape index (κ3) is 2.03. The van der Waals surface area contributed by atoms with Gasteiger partial charge in [0.15, 0.2) is 4.77 Å². The summed E-state index contributed by atoms with van der Waals surface area (Å²) < 4.78 is 2.56. The van der Waals surface area contributed by atoms with Gasteiger partial charge in [-0.15, -0.1) is 11.8 Å². The lowest BCUT2D eigenvalue weighted by Gasteiger charge is -2.06. The van der Waals surface area contributed by atoms with Crippen molar-refractivity contribution in [2.75, 3.05) is 6.26 Å². The lowest BCUT2D eigenvalue weighted by molar-refractivity contribution is 1.06. The van der Waals surface area contributed by atoms with Crippen LogP contribution in [0.2, 0.25) is 0 Å². The van der Waals surface area contributed by atoms with Crippen molar-refractivity contribution in [3.63, 3.8) is 0 Å². The van der Waals surface area contributed by atoms with Crippen molar-refractivity contribution in [1.29, 1.82) is 5.26 Å². The Kier molecular flexibility index (Phi) is 3.35. The molecule has 98 valence electrons. The molecule has 0 saturated carbocycles. The van der Waals surface area contributed by atoms with Crippen molar-refractivity contribution >= 4 is 35.0 Å². The summed E-state index contributed by atoms with van der Waals surface area (Å²) in [5, 5.41) is 9.17. The number of benzene rings is 2. The average molecular weight is 297 g/mol. The Morgan fingerprint density at radius 1 is 1.25 bits per heavy atom. The molecule has 0 atom stereocenters. The fraction of sp³-hybridized carbons (Fsp3) is 0.0667. The fourth-order valence-electron chi connectivity index (χ4n) is 2.23. The van der Waals surface area contributed by atoms with E-state index < -0.39 is 0 Å². The van der Waals surface area contributed by atoms with Crippen molar-refractivity contribution in [3.8, 4) is 11.8 Å². The third-order valence-electron chi connectivity index (χ3n) is 3.15. The summed E-state index contributed by atoms with van der Waals surface area (Å²) in [6.45, 7) is 0. The average Bonchev–Trinajstić information content (AvgIpc) is 2.83. The molecule has 3 aromatic rings. The number of H-pyrrole nitrogens is 1. The molecule has 2 aromatic carbocycles. The number of fused-ring (bicyclic) bond motifs is 1. The van der Waals surface area contributed by atoms with Crippen molar-refractivity contribution in [2.24, 2.45) is 0 Å². The Labute approximate surface area is 125 Å². The second kappa shape index (κ2) is 5.16. The lowest BCUT2D eigenvalue weighted by atomic mass is 10.2. The summed E-state index contributed by atoms with van der Waals surface area (Å²) in [5.41, 5.74) is 3.32. The first kappa shape index (κ1) is 13.0. The van der Waals surface area contributed by atoms with E-state index in [1.807, 2.05) is 35.1 Å². The SMILES string of the molecule is CSc1cccc(-n2c(=S)[nH]c3c(C#N)cccc32)c1. The van der Waals surface area contributed by atoms with Crippen molar-refractivity contribution in [3.05, 3.63) is 52.8 Å². The molecule has 20 heavy (non-hydrogen) atoms. The molecule has 0 bridgehead atoms. The summed E-state index contributed by atoms with van der Waals surface area (Å²) in [7, 11) is 0. The second-order valence-corrected chi connectivity index (χ2v) is 5.54. The normalized spacial score (nSPS) is 10.6. The number of nitrogens with zero attached hydrogens (tertiary/aromatic N) is 2. The molecule has 0 aliphatic rings. The third-order valence-corrected chi connectivity index (χ3v) is 4.16. The number of imidazole rings is 1. The van der Waals surface area contributed by atoms with Gasteiger partial charge in [0.2, 0.25) is 0 Å². The topological polar surface area (TPSA) is 44.5 Å². The molecule has 1 N–H and O–H groups in total. The van der Waals surface area contributed by atoms with E-state index in [9.17, 15) is 5.26 Å². The smallest absolute Gasteiger partial charge is 0.182 e. The minimum Gasteiger partial charge on any atom is -0.329 e. The molecule has 3 rings (SSSR count). The van der Waals surface area contributed by atoms with E-state index in [-0.39, 0.29) is 0 Å². The van der Waals surface area contributed by atoms with Gasteiger partial charge in [-0.05, 0) is 48.8 Å². The van der Waals surface area contributed by atoms with Gasteiger partial charge in [0.1, 0.15) is 6.07 Å². The van der Waals surface area contributed by atoms with Crippen LogP contribution in [0.5, 0.6) is 0 Å². The summed E-state index contributed by atoms with van der Waals surface area (Å²) in [5.74, 6) is 0. The number of hydrogen-bond donors (Lipinski definition) is 1. The zero-order chi connectivity index (χ0) is 14.1. The van der Waals surface area contributed by atoms with Crippen LogP contribution in [0.3, 0.4) is 0 Å². The van der Waals surface area contributed by atoms with Crippen molar-refractivity contribution < 1.29 is 0 Å². The van der Waals surface area contributed by atoms with Gasteiger partial charge in [0.05, 0.1) is 16.6 Å². The highest BCUT2D eigenvalue weighted by atomic mass is 32.2. The van der Waals surface area contributed by atoms with E-state index in [0.717, 1.165) is 16.7 Å². The standard InChI is InChI=1S/C15H11N3S2/c1-20-12-6-3-5-11(8-12)18-13-7-2-4-10(9-16)14(13)17-15(18)19/h2-8H,1H3,(H,17,19). The van der Waals surface area contributed by atoms with Crippen molar-refractivity contribution in [1.82, 2.24) is 9.55 Å². The number of nitrogens with one attached hydrogen (secondary N) is 1. The second-order valence-electron chi connectivity index (χ2n) is 4.28. The Balaban J connectivity index is 2.34. The van der Waals surface area contributed by atoms with Crippen LogP contribution < -0.4 is 0 Å². The van der Waals surface area contributed by atoms with Crippen LogP contribution in [0, 0.1) is 16.1 Å². The molecule has 0 unspecified atom stereocenters. The van der Waals surface area contributed by atoms with Crippen LogP contribution in [0.1, 0.15) is 5.56 Å². The maximum absolute atomic E-state index is 9.17. The van der Waals surface area contributed by atoms with E-state index >= 15 is 0 Å². The molecule has 5 heteroatoms. The summed E-state index contributed by atoms with van der Waals surface area (Å²) in [6, 6.07) is 16.0. The Bertz CT molecular complexity index is 884. The molecule has 0 radical (unpaired) electrons. The Morgan fingerprint density at radius 3 is 2.80 bits per heavy atom. The predicted molar refractivity (Wildman–Crippen MR) is 85.0 cm³/mol. The zero-order valence-electron chi connectivity index (χ0n) is 10.8. The van der Waals surface area contributed by atoms with Crippen LogP contribution >= 0.6 is 24.0 Å². The quantitative estimate of drug-likeness (QED) is 0.567. The van der Waals surface area contributed by atoms with Gasteiger partial charge in [-0.2, -0.15) is 5.26 Å². The van der Waals surface area contributed by atoms with E-state index in [1.54, 1.807) is 17.8 Å². The molecule has 3 nitrogen and oxygen atoms in total. The molecule has 1 aromatic heterocycles. The van der Waals surface area contributed by atoms with Gasteiger partial charge in [0, 0.05) is 10.6 Å². The maximum atomic E-state index is 9.17. The van der Waals surface area contributed by atoms with Gasteiger partial charge in [-0.3, -0.25) is 4.57 Å². The van der Waals surface area contributed by atoms with Gasteiger partial charge in [-0.1, -0.05) is 12.1 Å². The number of para-hydroxylation sites is 1. The van der Waals surface area contributed by atoms with Crippen LogP contribution in [0.25, 0.3) is 16.7 Å². The van der Waals surface area contributed by atoms with E-state index in [4.69, 9.17) is 12.2 Å². The zero-order valence-corrected chi connectivity index (χ0v) is 12.4. The fourth-order valence-corrected chi connectivity index (χ4v) is 2.99. The van der Waals surface area contributed by atoms with E-state index in [0.29, 0.717) is 10.3 Å². The molecule has 0 saturated heterocycles. The summed E-state index contributed by atoms with van der Waals surface area (Å²) >= 11 is 7.10. The van der Waals surface area contributed by atoms with E-state index in [2.05, 4.69) is 23.2 Å². The highest BCUT2D eigenvalue weighted by Crippen LogP contribution is 2.24. The number of hydrogen-bond acceptors (Lipinski definition) is 3. The first-order valence-corrected chi connectivity index (χ1v) is 7.66. The molecular formula is C15H11N3S2. The summed E-state index contributed by atoms with van der Waals surface area (Å²) in [6.07, 6.45) is 2.04. The van der Waals surface area contributed by atoms with Gasteiger partial charge in [0.25, 0.3) is 0 Å². The highest BCUT2D eigenvalue weighted by Gasteiger charge is 2.09. The number of nitriles is 1.